The smallest absolute Gasteiger partial charge is 0.159 e. The number of hydrogen-bond donors (Lipinski definition) is 1. The zero-order valence-electron chi connectivity index (χ0n) is 10.7. The van der Waals surface area contributed by atoms with Gasteiger partial charge >= 0.3 is 0 Å². The number of fused-ring (bicyclic) bond motifs is 1. The van der Waals surface area contributed by atoms with Crippen molar-refractivity contribution >= 4 is 0 Å². The van der Waals surface area contributed by atoms with Crippen molar-refractivity contribution in [1.29, 1.82) is 0 Å². The van der Waals surface area contributed by atoms with E-state index in [1.165, 1.54) is 11.1 Å². The topological polar surface area (TPSA) is 50.9 Å². The molecule has 1 aromatic heterocycles. The van der Waals surface area contributed by atoms with E-state index in [2.05, 4.69) is 52.9 Å². The third-order valence-electron chi connectivity index (χ3n) is 3.62. The summed E-state index contributed by atoms with van der Waals surface area (Å²) in [4.78, 5) is 0. The van der Waals surface area contributed by atoms with Gasteiger partial charge in [-0.2, -0.15) is 0 Å². The number of aliphatic hydroxyl groups excluding tert-OH is 1. The van der Waals surface area contributed by atoms with Crippen LogP contribution >= 0.6 is 0 Å². The van der Waals surface area contributed by atoms with Crippen molar-refractivity contribution in [2.45, 2.75) is 38.8 Å². The van der Waals surface area contributed by atoms with Gasteiger partial charge < -0.3 is 9.67 Å². The number of aromatic nitrogens is 3. The van der Waals surface area contributed by atoms with Gasteiger partial charge in [0.15, 0.2) is 5.82 Å². The van der Waals surface area contributed by atoms with E-state index in [1.54, 1.807) is 0 Å². The average Bonchev–Trinajstić information content (AvgIpc) is 2.74. The summed E-state index contributed by atoms with van der Waals surface area (Å²) in [7, 11) is 0. The fourth-order valence-corrected chi connectivity index (χ4v) is 2.73. The molecule has 4 heteroatoms. The van der Waals surface area contributed by atoms with Crippen molar-refractivity contribution in [3.63, 3.8) is 0 Å². The molecule has 1 aliphatic carbocycles. The van der Waals surface area contributed by atoms with E-state index in [4.69, 9.17) is 0 Å². The summed E-state index contributed by atoms with van der Waals surface area (Å²) in [6.45, 7) is 4.13. The Hall–Kier alpha value is -1.68. The second kappa shape index (κ2) is 4.21. The van der Waals surface area contributed by atoms with Gasteiger partial charge in [-0.15, -0.1) is 10.2 Å². The molecule has 1 aliphatic rings. The highest BCUT2D eigenvalue weighted by molar-refractivity contribution is 5.44. The molecule has 1 heterocycles. The predicted octanol–water partition coefficient (Wildman–Crippen LogP) is 2.04. The summed E-state index contributed by atoms with van der Waals surface area (Å²) in [5.74, 6) is 1.97. The molecule has 1 atom stereocenters. The number of hydrogen-bond acceptors (Lipinski definition) is 3. The highest BCUT2D eigenvalue weighted by Crippen LogP contribution is 2.39. The standard InChI is InChI=1S/C14H17N3O/c1-9(2)17-13(8-18)15-16-14(17)12-7-10-5-3-4-6-11(10)12/h3-6,9,12,18H,7-8H2,1-2H3. The third-order valence-corrected chi connectivity index (χ3v) is 3.62. The maximum atomic E-state index is 9.33. The first kappa shape index (κ1) is 11.4. The quantitative estimate of drug-likeness (QED) is 0.897. The molecule has 0 radical (unpaired) electrons. The van der Waals surface area contributed by atoms with Crippen LogP contribution in [0.1, 0.15) is 48.6 Å². The summed E-state index contributed by atoms with van der Waals surface area (Å²) < 4.78 is 2.06. The molecule has 18 heavy (non-hydrogen) atoms. The SMILES string of the molecule is CC(C)n1c(CO)nnc1C1Cc2ccccc21. The van der Waals surface area contributed by atoms with E-state index >= 15 is 0 Å². The van der Waals surface area contributed by atoms with Crippen LogP contribution in [0.15, 0.2) is 24.3 Å². The van der Waals surface area contributed by atoms with Crippen LogP contribution in [0.25, 0.3) is 0 Å². The van der Waals surface area contributed by atoms with E-state index in [0.717, 1.165) is 12.2 Å². The molecule has 0 spiro atoms. The molecular weight excluding hydrogens is 226 g/mol. The Labute approximate surface area is 106 Å². The summed E-state index contributed by atoms with van der Waals surface area (Å²) in [6.07, 6.45) is 1.02. The van der Waals surface area contributed by atoms with Gasteiger partial charge in [0.1, 0.15) is 12.4 Å². The van der Waals surface area contributed by atoms with Crippen molar-refractivity contribution < 1.29 is 5.11 Å². The van der Waals surface area contributed by atoms with Gasteiger partial charge in [-0.3, -0.25) is 0 Å². The van der Waals surface area contributed by atoms with Gasteiger partial charge in [-0.1, -0.05) is 24.3 Å². The van der Waals surface area contributed by atoms with E-state index in [1.807, 2.05) is 0 Å². The molecule has 1 unspecified atom stereocenters. The molecule has 0 saturated heterocycles. The van der Waals surface area contributed by atoms with Crippen LogP contribution in [0.3, 0.4) is 0 Å². The minimum atomic E-state index is -0.0560. The molecule has 3 rings (SSSR count). The molecule has 94 valence electrons. The highest BCUT2D eigenvalue weighted by atomic mass is 16.3. The average molecular weight is 243 g/mol. The number of aliphatic hydroxyl groups is 1. The Morgan fingerprint density at radius 1 is 1.33 bits per heavy atom. The first-order valence-electron chi connectivity index (χ1n) is 6.34. The Bertz CT molecular complexity index is 574. The second-order valence-corrected chi connectivity index (χ2v) is 5.05. The molecule has 0 aliphatic heterocycles. The molecular formula is C14H17N3O. The van der Waals surface area contributed by atoms with Crippen molar-refractivity contribution in [2.75, 3.05) is 0 Å². The first-order valence-corrected chi connectivity index (χ1v) is 6.34. The molecule has 1 aromatic carbocycles. The maximum absolute atomic E-state index is 9.33. The molecule has 0 bridgehead atoms. The Morgan fingerprint density at radius 3 is 2.78 bits per heavy atom. The zero-order chi connectivity index (χ0) is 12.7. The second-order valence-electron chi connectivity index (χ2n) is 5.05. The van der Waals surface area contributed by atoms with Crippen molar-refractivity contribution in [3.8, 4) is 0 Å². The lowest BCUT2D eigenvalue weighted by molar-refractivity contribution is 0.261. The van der Waals surface area contributed by atoms with Crippen LogP contribution in [-0.2, 0) is 13.0 Å². The lowest BCUT2D eigenvalue weighted by atomic mass is 9.77. The molecule has 2 aromatic rings. The summed E-state index contributed by atoms with van der Waals surface area (Å²) in [6, 6.07) is 8.72. The minimum Gasteiger partial charge on any atom is -0.388 e. The number of rotatable bonds is 3. The van der Waals surface area contributed by atoms with E-state index in [0.29, 0.717) is 11.7 Å². The fourth-order valence-electron chi connectivity index (χ4n) is 2.73. The highest BCUT2D eigenvalue weighted by Gasteiger charge is 2.32. The van der Waals surface area contributed by atoms with Crippen LogP contribution < -0.4 is 0 Å². The van der Waals surface area contributed by atoms with Crippen molar-refractivity contribution in [1.82, 2.24) is 14.8 Å². The first-order chi connectivity index (χ1) is 8.72. The van der Waals surface area contributed by atoms with Crippen LogP contribution in [0.4, 0.5) is 0 Å². The van der Waals surface area contributed by atoms with E-state index in [-0.39, 0.29) is 12.6 Å². The van der Waals surface area contributed by atoms with Crippen molar-refractivity contribution in [3.05, 3.63) is 47.0 Å². The fraction of sp³-hybridized carbons (Fsp3) is 0.429. The molecule has 4 nitrogen and oxygen atoms in total. The van der Waals surface area contributed by atoms with Gasteiger partial charge in [-0.05, 0) is 31.4 Å². The van der Waals surface area contributed by atoms with E-state index in [9.17, 15) is 5.11 Å². The summed E-state index contributed by atoms with van der Waals surface area (Å²) >= 11 is 0. The zero-order valence-corrected chi connectivity index (χ0v) is 10.7. The molecule has 0 amide bonds. The molecule has 0 fully saturated rings. The third kappa shape index (κ3) is 1.56. The lowest BCUT2D eigenvalue weighted by Gasteiger charge is -2.30. The number of benzene rings is 1. The minimum absolute atomic E-state index is 0.0560. The predicted molar refractivity (Wildman–Crippen MR) is 68.3 cm³/mol. The largest absolute Gasteiger partial charge is 0.388 e. The molecule has 1 N–H and O–H groups in total. The van der Waals surface area contributed by atoms with Gasteiger partial charge in [0.2, 0.25) is 0 Å². The normalized spacial score (nSPS) is 17.7. The monoisotopic (exact) mass is 243 g/mol. The number of nitrogens with zero attached hydrogens (tertiary/aromatic N) is 3. The van der Waals surface area contributed by atoms with Crippen LogP contribution in [0.5, 0.6) is 0 Å². The van der Waals surface area contributed by atoms with Crippen LogP contribution in [-0.4, -0.2) is 19.9 Å². The van der Waals surface area contributed by atoms with Gasteiger partial charge in [0.25, 0.3) is 0 Å². The molecule has 0 saturated carbocycles. The van der Waals surface area contributed by atoms with Gasteiger partial charge in [-0.25, -0.2) is 0 Å². The van der Waals surface area contributed by atoms with Crippen LogP contribution in [0, 0.1) is 0 Å². The Balaban J connectivity index is 2.03. The Kier molecular flexibility index (Phi) is 2.67. The van der Waals surface area contributed by atoms with Gasteiger partial charge in [0.05, 0.1) is 0 Å². The van der Waals surface area contributed by atoms with Crippen LogP contribution in [0.2, 0.25) is 0 Å². The maximum Gasteiger partial charge on any atom is 0.159 e. The summed E-state index contributed by atoms with van der Waals surface area (Å²) in [5.41, 5.74) is 2.74. The van der Waals surface area contributed by atoms with E-state index < -0.39 is 0 Å². The Morgan fingerprint density at radius 2 is 2.11 bits per heavy atom. The van der Waals surface area contributed by atoms with Gasteiger partial charge in [0, 0.05) is 12.0 Å². The van der Waals surface area contributed by atoms with Crippen molar-refractivity contribution in [2.24, 2.45) is 0 Å². The lowest BCUT2D eigenvalue weighted by Crippen LogP contribution is -2.23. The summed E-state index contributed by atoms with van der Waals surface area (Å²) in [5, 5.41) is 17.7.